The quantitative estimate of drug-likeness (QED) is 0.860. The average molecular weight is 296 g/mol. The van der Waals surface area contributed by atoms with Gasteiger partial charge in [-0.05, 0) is 38.1 Å². The van der Waals surface area contributed by atoms with Crippen molar-refractivity contribution < 1.29 is 18.0 Å². The highest BCUT2D eigenvalue weighted by Gasteiger charge is 2.15. The molecule has 2 rings (SSSR count). The minimum absolute atomic E-state index is 0.106. The zero-order valence-corrected chi connectivity index (χ0v) is 11.7. The summed E-state index contributed by atoms with van der Waals surface area (Å²) in [4.78, 5) is 11.8. The van der Waals surface area contributed by atoms with Gasteiger partial charge >= 0.3 is 0 Å². The Bertz CT molecular complexity index is 660. The van der Waals surface area contributed by atoms with Crippen LogP contribution in [0, 0.1) is 31.3 Å². The number of rotatable bonds is 4. The van der Waals surface area contributed by atoms with Crippen molar-refractivity contribution in [2.45, 2.75) is 26.8 Å². The summed E-state index contributed by atoms with van der Waals surface area (Å²) >= 11 is 0. The molecule has 1 amide bonds. The standard InChI is InChI=1S/C15H15F3N2O/c1-9-3-4-10(2)20(9)8-7-13(21)19-12-6-5-11(16)14(17)15(12)18/h3-6H,7-8H2,1-2H3,(H,19,21). The Hall–Kier alpha value is -2.24. The van der Waals surface area contributed by atoms with E-state index in [2.05, 4.69) is 5.32 Å². The maximum atomic E-state index is 13.4. The first-order valence-electron chi connectivity index (χ1n) is 6.46. The van der Waals surface area contributed by atoms with Gasteiger partial charge in [0.15, 0.2) is 17.5 Å². The molecule has 0 saturated carbocycles. The molecule has 0 bridgehead atoms. The summed E-state index contributed by atoms with van der Waals surface area (Å²) in [7, 11) is 0. The zero-order chi connectivity index (χ0) is 15.6. The van der Waals surface area contributed by atoms with Crippen molar-refractivity contribution in [2.24, 2.45) is 0 Å². The Morgan fingerprint density at radius 3 is 2.29 bits per heavy atom. The van der Waals surface area contributed by atoms with E-state index in [-0.39, 0.29) is 12.1 Å². The van der Waals surface area contributed by atoms with Crippen molar-refractivity contribution in [1.29, 1.82) is 0 Å². The first-order valence-corrected chi connectivity index (χ1v) is 6.46. The van der Waals surface area contributed by atoms with E-state index in [1.54, 1.807) is 0 Å². The van der Waals surface area contributed by atoms with E-state index in [4.69, 9.17) is 0 Å². The number of aromatic nitrogens is 1. The second-order valence-electron chi connectivity index (χ2n) is 4.79. The number of carbonyl (C=O) groups is 1. The number of halogens is 3. The Balaban J connectivity index is 2.01. The maximum Gasteiger partial charge on any atom is 0.226 e. The Morgan fingerprint density at radius 2 is 1.67 bits per heavy atom. The molecule has 0 aliphatic heterocycles. The Morgan fingerprint density at radius 1 is 1.05 bits per heavy atom. The van der Waals surface area contributed by atoms with E-state index in [0.717, 1.165) is 23.5 Å². The predicted molar refractivity (Wildman–Crippen MR) is 73.5 cm³/mol. The normalized spacial score (nSPS) is 10.7. The number of amides is 1. The Kier molecular flexibility index (Phi) is 4.35. The monoisotopic (exact) mass is 296 g/mol. The molecule has 0 aliphatic rings. The van der Waals surface area contributed by atoms with Gasteiger partial charge in [0.05, 0.1) is 5.69 Å². The van der Waals surface area contributed by atoms with Crippen LogP contribution in [0.25, 0.3) is 0 Å². The largest absolute Gasteiger partial charge is 0.349 e. The van der Waals surface area contributed by atoms with Crippen LogP contribution in [0.3, 0.4) is 0 Å². The van der Waals surface area contributed by atoms with Crippen LogP contribution in [0.4, 0.5) is 18.9 Å². The van der Waals surface area contributed by atoms with Gasteiger partial charge in [-0.1, -0.05) is 0 Å². The second-order valence-corrected chi connectivity index (χ2v) is 4.79. The first kappa shape index (κ1) is 15.2. The molecule has 2 aromatic rings. The van der Waals surface area contributed by atoms with E-state index in [1.165, 1.54) is 0 Å². The molecule has 6 heteroatoms. The molecular formula is C15H15F3N2O. The van der Waals surface area contributed by atoms with E-state index in [1.807, 2.05) is 30.5 Å². The van der Waals surface area contributed by atoms with Crippen molar-refractivity contribution in [3.63, 3.8) is 0 Å². The highest BCUT2D eigenvalue weighted by atomic mass is 19.2. The summed E-state index contributed by atoms with van der Waals surface area (Å²) in [5.41, 5.74) is 1.67. The highest BCUT2D eigenvalue weighted by molar-refractivity contribution is 5.90. The lowest BCUT2D eigenvalue weighted by molar-refractivity contribution is -0.116. The van der Waals surface area contributed by atoms with E-state index >= 15 is 0 Å². The van der Waals surface area contributed by atoms with Crippen molar-refractivity contribution in [3.8, 4) is 0 Å². The number of carbonyl (C=O) groups excluding carboxylic acids is 1. The van der Waals surface area contributed by atoms with E-state index in [0.29, 0.717) is 6.54 Å². The fourth-order valence-electron chi connectivity index (χ4n) is 2.10. The van der Waals surface area contributed by atoms with Gasteiger partial charge in [0.2, 0.25) is 5.91 Å². The molecule has 21 heavy (non-hydrogen) atoms. The minimum Gasteiger partial charge on any atom is -0.349 e. The lowest BCUT2D eigenvalue weighted by atomic mass is 10.2. The third-order valence-electron chi connectivity index (χ3n) is 3.29. The van der Waals surface area contributed by atoms with E-state index in [9.17, 15) is 18.0 Å². The van der Waals surface area contributed by atoms with Crippen molar-refractivity contribution >= 4 is 11.6 Å². The number of hydrogen-bond acceptors (Lipinski definition) is 1. The van der Waals surface area contributed by atoms with Crippen LogP contribution in [0.5, 0.6) is 0 Å². The number of nitrogens with one attached hydrogen (secondary N) is 1. The molecule has 1 aromatic heterocycles. The number of nitrogens with zero attached hydrogens (tertiary/aromatic N) is 1. The van der Waals surface area contributed by atoms with Crippen LogP contribution >= 0.6 is 0 Å². The third kappa shape index (κ3) is 3.26. The fourth-order valence-corrected chi connectivity index (χ4v) is 2.10. The summed E-state index contributed by atoms with van der Waals surface area (Å²) < 4.78 is 41.2. The van der Waals surface area contributed by atoms with Crippen LogP contribution in [0.1, 0.15) is 17.8 Å². The fraction of sp³-hybridized carbons (Fsp3) is 0.267. The van der Waals surface area contributed by atoms with Gasteiger partial charge in [0.1, 0.15) is 0 Å². The van der Waals surface area contributed by atoms with Crippen LogP contribution in [-0.4, -0.2) is 10.5 Å². The molecule has 0 aliphatic carbocycles. The topological polar surface area (TPSA) is 34.0 Å². The second kappa shape index (κ2) is 6.03. The summed E-state index contributed by atoms with van der Waals surface area (Å²) in [5, 5.41) is 2.25. The number of aryl methyl sites for hydroxylation is 2. The molecule has 0 fully saturated rings. The van der Waals surface area contributed by atoms with Gasteiger partial charge in [-0.3, -0.25) is 4.79 Å². The van der Waals surface area contributed by atoms with Crippen molar-refractivity contribution in [3.05, 3.63) is 53.1 Å². The molecule has 112 valence electrons. The van der Waals surface area contributed by atoms with E-state index < -0.39 is 23.4 Å². The average Bonchev–Trinajstić information content (AvgIpc) is 2.76. The maximum absolute atomic E-state index is 13.4. The van der Waals surface area contributed by atoms with Crippen LogP contribution in [0.2, 0.25) is 0 Å². The number of anilines is 1. The number of hydrogen-bond donors (Lipinski definition) is 1. The summed E-state index contributed by atoms with van der Waals surface area (Å²) in [6.45, 7) is 4.27. The lowest BCUT2D eigenvalue weighted by Crippen LogP contribution is -2.16. The molecule has 1 aromatic carbocycles. The lowest BCUT2D eigenvalue weighted by Gasteiger charge is -2.10. The van der Waals surface area contributed by atoms with Crippen molar-refractivity contribution in [2.75, 3.05) is 5.32 Å². The van der Waals surface area contributed by atoms with Gasteiger partial charge in [-0.2, -0.15) is 0 Å². The summed E-state index contributed by atoms with van der Waals surface area (Å²) in [6, 6.07) is 5.64. The van der Waals surface area contributed by atoms with Gasteiger partial charge in [-0.25, -0.2) is 13.2 Å². The van der Waals surface area contributed by atoms with Crippen LogP contribution < -0.4 is 5.32 Å². The number of benzene rings is 1. The predicted octanol–water partition coefficient (Wildman–Crippen LogP) is 3.55. The summed E-state index contributed by atoms with van der Waals surface area (Å²) in [6.07, 6.45) is 0.106. The SMILES string of the molecule is Cc1ccc(C)n1CCC(=O)Nc1ccc(F)c(F)c1F. The summed E-state index contributed by atoms with van der Waals surface area (Å²) in [5.74, 6) is -4.74. The Labute approximate surface area is 120 Å². The molecule has 1 heterocycles. The zero-order valence-electron chi connectivity index (χ0n) is 11.7. The molecular weight excluding hydrogens is 281 g/mol. The van der Waals surface area contributed by atoms with Gasteiger partial charge in [0, 0.05) is 24.4 Å². The minimum atomic E-state index is -1.59. The molecule has 0 atom stereocenters. The van der Waals surface area contributed by atoms with Crippen LogP contribution in [-0.2, 0) is 11.3 Å². The van der Waals surface area contributed by atoms with Gasteiger partial charge < -0.3 is 9.88 Å². The smallest absolute Gasteiger partial charge is 0.226 e. The molecule has 0 spiro atoms. The molecule has 1 N–H and O–H groups in total. The van der Waals surface area contributed by atoms with Crippen molar-refractivity contribution in [1.82, 2.24) is 4.57 Å². The van der Waals surface area contributed by atoms with Gasteiger partial charge in [-0.15, -0.1) is 0 Å². The first-order chi connectivity index (χ1) is 9.90. The third-order valence-corrected chi connectivity index (χ3v) is 3.29. The highest BCUT2D eigenvalue weighted by Crippen LogP contribution is 2.19. The molecule has 0 radical (unpaired) electrons. The molecule has 3 nitrogen and oxygen atoms in total. The van der Waals surface area contributed by atoms with Crippen LogP contribution in [0.15, 0.2) is 24.3 Å². The molecule has 0 saturated heterocycles. The molecule has 0 unspecified atom stereocenters. The van der Waals surface area contributed by atoms with Gasteiger partial charge in [0.25, 0.3) is 0 Å².